The summed E-state index contributed by atoms with van der Waals surface area (Å²) in [7, 11) is 1.98. The van der Waals surface area contributed by atoms with Gasteiger partial charge in [0.25, 0.3) is 0 Å². The van der Waals surface area contributed by atoms with E-state index in [-0.39, 0.29) is 36.3 Å². The molecule has 2 N–H and O–H groups in total. The minimum Gasteiger partial charge on any atom is -0.325 e. The van der Waals surface area contributed by atoms with Crippen LogP contribution in [0.5, 0.6) is 0 Å². The van der Waals surface area contributed by atoms with E-state index in [9.17, 15) is 14.4 Å². The molecule has 1 fully saturated rings. The molecular weight excluding hydrogens is 538 g/mol. The van der Waals surface area contributed by atoms with Crippen LogP contribution in [0.15, 0.2) is 97.2 Å². The summed E-state index contributed by atoms with van der Waals surface area (Å²) in [6.07, 6.45) is 3.41. The summed E-state index contributed by atoms with van der Waals surface area (Å²) >= 11 is 0. The molecule has 1 aliphatic carbocycles. The molecule has 0 radical (unpaired) electrons. The molecule has 3 amide bonds. The molecule has 1 spiro atoms. The van der Waals surface area contributed by atoms with Gasteiger partial charge in [0.05, 0.1) is 17.5 Å². The first kappa shape index (κ1) is 27.0. The van der Waals surface area contributed by atoms with E-state index < -0.39 is 5.41 Å². The van der Waals surface area contributed by atoms with Gasteiger partial charge in [-0.05, 0) is 66.8 Å². The van der Waals surface area contributed by atoms with E-state index in [0.29, 0.717) is 37.3 Å². The molecule has 8 nitrogen and oxygen atoms in total. The molecule has 1 aromatic heterocycles. The average molecular weight is 572 g/mol. The SMILES string of the molecule is CN1C[C@H](c2ccccc2)N(CC(=O)Nc2ccc3c(c2)C[C@@]2(C3)C(=O)Nc3ncccc32)C(=O)[C@H]1Cc1ccccc1. The molecule has 3 heterocycles. The first-order chi connectivity index (χ1) is 20.9. The normalized spacial score (nSPS) is 22.8. The highest BCUT2D eigenvalue weighted by Gasteiger charge is 2.51. The van der Waals surface area contributed by atoms with Crippen molar-refractivity contribution in [2.24, 2.45) is 0 Å². The molecule has 0 saturated carbocycles. The average Bonchev–Trinajstić information content (AvgIpc) is 3.54. The zero-order valence-electron chi connectivity index (χ0n) is 24.0. The molecule has 8 heteroatoms. The van der Waals surface area contributed by atoms with Crippen LogP contribution >= 0.6 is 0 Å². The second-order valence-electron chi connectivity index (χ2n) is 11.9. The number of carbonyl (C=O) groups excluding carboxylic acids is 3. The molecule has 7 rings (SSSR count). The third-order valence-corrected chi connectivity index (χ3v) is 9.17. The number of pyridine rings is 1. The first-order valence-electron chi connectivity index (χ1n) is 14.7. The smallest absolute Gasteiger partial charge is 0.244 e. The highest BCUT2D eigenvalue weighted by atomic mass is 16.2. The molecule has 3 aromatic carbocycles. The van der Waals surface area contributed by atoms with Crippen LogP contribution in [-0.4, -0.2) is 58.7 Å². The zero-order chi connectivity index (χ0) is 29.6. The Kier molecular flexibility index (Phi) is 6.78. The summed E-state index contributed by atoms with van der Waals surface area (Å²) in [5, 5.41) is 5.98. The third kappa shape index (κ3) is 4.87. The number of piperazine rings is 1. The Balaban J connectivity index is 1.10. The van der Waals surface area contributed by atoms with Gasteiger partial charge in [-0.15, -0.1) is 0 Å². The lowest BCUT2D eigenvalue weighted by atomic mass is 9.79. The summed E-state index contributed by atoms with van der Waals surface area (Å²) in [5.41, 5.74) is 5.12. The van der Waals surface area contributed by atoms with Gasteiger partial charge in [0.2, 0.25) is 17.7 Å². The van der Waals surface area contributed by atoms with Gasteiger partial charge in [-0.25, -0.2) is 4.98 Å². The summed E-state index contributed by atoms with van der Waals surface area (Å²) in [4.78, 5) is 48.8. The van der Waals surface area contributed by atoms with Crippen molar-refractivity contribution >= 4 is 29.2 Å². The fourth-order valence-corrected chi connectivity index (χ4v) is 6.96. The predicted molar refractivity (Wildman–Crippen MR) is 164 cm³/mol. The number of aromatic nitrogens is 1. The predicted octanol–water partition coefficient (Wildman–Crippen LogP) is 4.14. The van der Waals surface area contributed by atoms with Crippen molar-refractivity contribution in [1.82, 2.24) is 14.8 Å². The van der Waals surface area contributed by atoms with Gasteiger partial charge < -0.3 is 15.5 Å². The van der Waals surface area contributed by atoms with Gasteiger partial charge in [0, 0.05) is 24.0 Å². The van der Waals surface area contributed by atoms with E-state index in [4.69, 9.17) is 0 Å². The Bertz CT molecular complexity index is 1710. The fraction of sp³-hybridized carbons (Fsp3) is 0.257. The Morgan fingerprint density at radius 1 is 0.953 bits per heavy atom. The van der Waals surface area contributed by atoms with Crippen LogP contribution in [0, 0.1) is 0 Å². The minimum absolute atomic E-state index is 0.0337. The number of rotatable bonds is 6. The Morgan fingerprint density at radius 3 is 2.49 bits per heavy atom. The number of fused-ring (bicyclic) bond motifs is 3. The van der Waals surface area contributed by atoms with Crippen LogP contribution in [0.2, 0.25) is 0 Å². The molecular formula is C35H33N5O3. The lowest BCUT2D eigenvalue weighted by molar-refractivity contribution is -0.147. The summed E-state index contributed by atoms with van der Waals surface area (Å²) in [5.74, 6) is 0.285. The summed E-state index contributed by atoms with van der Waals surface area (Å²) in [6.45, 7) is 0.569. The van der Waals surface area contributed by atoms with E-state index in [1.165, 1.54) is 0 Å². The lowest BCUT2D eigenvalue weighted by Crippen LogP contribution is -2.59. The zero-order valence-corrected chi connectivity index (χ0v) is 24.0. The van der Waals surface area contributed by atoms with Gasteiger partial charge in [-0.1, -0.05) is 72.8 Å². The molecule has 1 saturated heterocycles. The first-order valence-corrected chi connectivity index (χ1v) is 14.7. The minimum atomic E-state index is -0.669. The number of hydrogen-bond donors (Lipinski definition) is 2. The van der Waals surface area contributed by atoms with Gasteiger partial charge >= 0.3 is 0 Å². The maximum Gasteiger partial charge on any atom is 0.244 e. The van der Waals surface area contributed by atoms with Gasteiger partial charge in [-0.3, -0.25) is 19.3 Å². The fourth-order valence-electron chi connectivity index (χ4n) is 6.96. The Hall–Kier alpha value is -4.82. The van der Waals surface area contributed by atoms with Crippen molar-refractivity contribution in [3.05, 3.63) is 125 Å². The van der Waals surface area contributed by atoms with E-state index in [1.807, 2.05) is 98.0 Å². The van der Waals surface area contributed by atoms with Crippen LogP contribution in [-0.2, 0) is 39.1 Å². The molecule has 216 valence electrons. The van der Waals surface area contributed by atoms with Crippen molar-refractivity contribution in [3.8, 4) is 0 Å². The van der Waals surface area contributed by atoms with E-state index in [2.05, 4.69) is 20.5 Å². The van der Waals surface area contributed by atoms with Crippen molar-refractivity contribution in [2.45, 2.75) is 36.8 Å². The van der Waals surface area contributed by atoms with Crippen LogP contribution in [0.4, 0.5) is 11.5 Å². The molecule has 2 aliphatic heterocycles. The second-order valence-corrected chi connectivity index (χ2v) is 11.9. The molecule has 0 bridgehead atoms. The van der Waals surface area contributed by atoms with Gasteiger partial charge in [-0.2, -0.15) is 0 Å². The van der Waals surface area contributed by atoms with E-state index in [1.54, 1.807) is 11.1 Å². The number of benzene rings is 3. The van der Waals surface area contributed by atoms with Crippen LogP contribution in [0.25, 0.3) is 0 Å². The number of nitrogens with one attached hydrogen (secondary N) is 2. The largest absolute Gasteiger partial charge is 0.325 e. The number of amides is 3. The summed E-state index contributed by atoms with van der Waals surface area (Å²) < 4.78 is 0. The maximum absolute atomic E-state index is 14.0. The van der Waals surface area contributed by atoms with Gasteiger partial charge in [0.15, 0.2) is 0 Å². The molecule has 3 aliphatic rings. The van der Waals surface area contributed by atoms with Crippen LogP contribution < -0.4 is 10.6 Å². The van der Waals surface area contributed by atoms with Crippen molar-refractivity contribution in [3.63, 3.8) is 0 Å². The monoisotopic (exact) mass is 571 g/mol. The number of anilines is 2. The van der Waals surface area contributed by atoms with Gasteiger partial charge in [0.1, 0.15) is 12.4 Å². The second kappa shape index (κ2) is 10.8. The lowest BCUT2D eigenvalue weighted by Gasteiger charge is -2.44. The van der Waals surface area contributed by atoms with Crippen LogP contribution in [0.3, 0.4) is 0 Å². The maximum atomic E-state index is 14.0. The molecule has 4 aromatic rings. The highest BCUT2D eigenvalue weighted by molar-refractivity contribution is 6.06. The Labute approximate surface area is 250 Å². The standard InChI is InChI=1S/C35H33N5O3/c1-39-21-30(24-11-6-3-7-12-24)40(33(42)29(39)17-23-9-4-2-5-10-23)22-31(41)37-27-15-14-25-19-35(20-26(25)18-27)28-13-8-16-36-32(28)38-34(35)43/h2-16,18,29-30H,17,19-22H2,1H3,(H,37,41)(H,36,38,43)/t29-,30-,35-/m1/s1. The quantitative estimate of drug-likeness (QED) is 0.363. The third-order valence-electron chi connectivity index (χ3n) is 9.17. The molecule has 3 atom stereocenters. The molecule has 0 unspecified atom stereocenters. The Morgan fingerprint density at radius 2 is 1.70 bits per heavy atom. The highest BCUT2D eigenvalue weighted by Crippen LogP contribution is 2.47. The van der Waals surface area contributed by atoms with E-state index in [0.717, 1.165) is 27.8 Å². The number of nitrogens with zero attached hydrogens (tertiary/aromatic N) is 3. The van der Waals surface area contributed by atoms with Crippen molar-refractivity contribution in [1.29, 1.82) is 0 Å². The summed E-state index contributed by atoms with van der Waals surface area (Å²) in [6, 6.07) is 29.0. The number of carbonyl (C=O) groups is 3. The van der Waals surface area contributed by atoms with Crippen molar-refractivity contribution < 1.29 is 14.4 Å². The molecule has 43 heavy (non-hydrogen) atoms. The van der Waals surface area contributed by atoms with E-state index >= 15 is 0 Å². The topological polar surface area (TPSA) is 94.6 Å². The number of likely N-dealkylation sites (N-methyl/N-ethyl adjacent to an activating group) is 1. The van der Waals surface area contributed by atoms with Crippen molar-refractivity contribution in [2.75, 3.05) is 30.8 Å². The van der Waals surface area contributed by atoms with Crippen LogP contribution in [0.1, 0.15) is 33.9 Å². The number of hydrogen-bond acceptors (Lipinski definition) is 5.